The van der Waals surface area contributed by atoms with Gasteiger partial charge >= 0.3 is 5.97 Å². The van der Waals surface area contributed by atoms with Crippen LogP contribution in [0.15, 0.2) is 77.7 Å². The second kappa shape index (κ2) is 12.1. The quantitative estimate of drug-likeness (QED) is 0.197. The number of anilines is 2. The molecule has 0 radical (unpaired) electrons. The van der Waals surface area contributed by atoms with Crippen LogP contribution in [0.2, 0.25) is 5.02 Å². The fraction of sp³-hybridized carbons (Fsp3) is 0.138. The third-order valence-corrected chi connectivity index (χ3v) is 7.27. The van der Waals surface area contributed by atoms with E-state index in [1.807, 2.05) is 6.07 Å². The summed E-state index contributed by atoms with van der Waals surface area (Å²) >= 11 is 7.51. The van der Waals surface area contributed by atoms with Crippen molar-refractivity contribution in [1.82, 2.24) is 0 Å². The Balaban J connectivity index is 1.49. The Kier molecular flexibility index (Phi) is 8.63. The molecule has 0 aliphatic carbocycles. The predicted octanol–water partition coefficient (Wildman–Crippen LogP) is 6.58. The van der Waals surface area contributed by atoms with Gasteiger partial charge in [-0.15, -0.1) is 11.8 Å². The average Bonchev–Trinajstić information content (AvgIpc) is 2.92. The highest BCUT2D eigenvalue weighted by Gasteiger charge is 2.20. The summed E-state index contributed by atoms with van der Waals surface area (Å²) in [6.07, 6.45) is 0. The van der Waals surface area contributed by atoms with Crippen LogP contribution in [-0.4, -0.2) is 42.4 Å². The first kappa shape index (κ1) is 27.8. The molecule has 0 heterocycles. The van der Waals surface area contributed by atoms with Crippen molar-refractivity contribution in [2.24, 2.45) is 0 Å². The van der Waals surface area contributed by atoms with Gasteiger partial charge in [0.1, 0.15) is 11.5 Å². The van der Waals surface area contributed by atoms with Gasteiger partial charge in [-0.3, -0.25) is 9.59 Å². The molecule has 10 heteroatoms. The van der Waals surface area contributed by atoms with Crippen LogP contribution >= 0.6 is 23.4 Å². The molecule has 4 rings (SSSR count). The molecule has 8 nitrogen and oxygen atoms in total. The largest absolute Gasteiger partial charge is 0.495 e. The number of hydrogen-bond acceptors (Lipinski definition) is 6. The standard InChI is InChI=1S/C29H25ClN2O6S/c1-16(27(33)32-23-14-22(30)24(37-2)15-25(23)38-3)39-19-10-6-9-18(13-19)31-28(34)20-11-4-7-17-8-5-12-21(26(17)20)29(35)36/h4-16H,1-3H3,(H,31,34)(H,32,33)(H,35,36). The summed E-state index contributed by atoms with van der Waals surface area (Å²) in [5.74, 6) is -0.987. The SMILES string of the molecule is COc1cc(OC)c(NC(=O)C(C)Sc2cccc(NC(=O)c3cccc4cccc(C(=O)O)c34)c2)cc1Cl. The first-order valence-electron chi connectivity index (χ1n) is 11.8. The molecule has 0 saturated carbocycles. The van der Waals surface area contributed by atoms with Crippen LogP contribution < -0.4 is 20.1 Å². The number of benzene rings is 4. The topological polar surface area (TPSA) is 114 Å². The van der Waals surface area contributed by atoms with Gasteiger partial charge in [0.2, 0.25) is 5.91 Å². The van der Waals surface area contributed by atoms with Crippen molar-refractivity contribution >= 4 is 63.3 Å². The maximum Gasteiger partial charge on any atom is 0.336 e. The highest BCUT2D eigenvalue weighted by molar-refractivity contribution is 8.00. The lowest BCUT2D eigenvalue weighted by atomic mass is 9.98. The summed E-state index contributed by atoms with van der Waals surface area (Å²) < 4.78 is 10.5. The molecule has 0 fully saturated rings. The van der Waals surface area contributed by atoms with E-state index in [0.29, 0.717) is 38.7 Å². The number of carbonyl (C=O) groups is 3. The fourth-order valence-electron chi connectivity index (χ4n) is 4.00. The highest BCUT2D eigenvalue weighted by Crippen LogP contribution is 2.36. The lowest BCUT2D eigenvalue weighted by molar-refractivity contribution is -0.115. The maximum atomic E-state index is 13.2. The number of amides is 2. The summed E-state index contributed by atoms with van der Waals surface area (Å²) in [6.45, 7) is 1.76. The summed E-state index contributed by atoms with van der Waals surface area (Å²) in [4.78, 5) is 38.6. The van der Waals surface area contributed by atoms with E-state index in [1.54, 1.807) is 67.6 Å². The molecule has 0 aromatic heterocycles. The molecule has 200 valence electrons. The van der Waals surface area contributed by atoms with Gasteiger partial charge in [-0.1, -0.05) is 41.9 Å². The third kappa shape index (κ3) is 6.27. The van der Waals surface area contributed by atoms with E-state index < -0.39 is 17.1 Å². The molecule has 1 atom stereocenters. The van der Waals surface area contributed by atoms with Crippen molar-refractivity contribution in [3.05, 3.63) is 88.9 Å². The molecular formula is C29H25ClN2O6S. The summed E-state index contributed by atoms with van der Waals surface area (Å²) in [7, 11) is 2.97. The Hall–Kier alpha value is -4.21. The summed E-state index contributed by atoms with van der Waals surface area (Å²) in [5.41, 5.74) is 1.23. The van der Waals surface area contributed by atoms with Crippen molar-refractivity contribution in [3.63, 3.8) is 0 Å². The first-order valence-corrected chi connectivity index (χ1v) is 13.0. The first-order chi connectivity index (χ1) is 18.7. The van der Waals surface area contributed by atoms with Crippen LogP contribution in [0.4, 0.5) is 11.4 Å². The smallest absolute Gasteiger partial charge is 0.336 e. The van der Waals surface area contributed by atoms with E-state index in [-0.39, 0.29) is 17.0 Å². The van der Waals surface area contributed by atoms with Crippen molar-refractivity contribution in [3.8, 4) is 11.5 Å². The minimum absolute atomic E-state index is 0.0529. The van der Waals surface area contributed by atoms with Crippen LogP contribution in [0.5, 0.6) is 11.5 Å². The molecule has 0 bridgehead atoms. The Labute approximate surface area is 234 Å². The van der Waals surface area contributed by atoms with E-state index in [0.717, 1.165) is 4.90 Å². The Morgan fingerprint density at radius 2 is 1.54 bits per heavy atom. The number of halogens is 1. The number of rotatable bonds is 9. The zero-order chi connectivity index (χ0) is 28.1. The molecule has 0 spiro atoms. The minimum atomic E-state index is -1.11. The molecule has 0 saturated heterocycles. The summed E-state index contributed by atoms with van der Waals surface area (Å²) in [5, 5.41) is 16.1. The van der Waals surface area contributed by atoms with Crippen molar-refractivity contribution in [2.45, 2.75) is 17.1 Å². The van der Waals surface area contributed by atoms with Crippen molar-refractivity contribution in [1.29, 1.82) is 0 Å². The second-order valence-electron chi connectivity index (χ2n) is 8.43. The van der Waals surface area contributed by atoms with Gasteiger partial charge in [-0.05, 0) is 48.7 Å². The highest BCUT2D eigenvalue weighted by atomic mass is 35.5. The lowest BCUT2D eigenvalue weighted by Crippen LogP contribution is -2.22. The number of carbonyl (C=O) groups excluding carboxylic acids is 2. The number of hydrogen-bond donors (Lipinski definition) is 3. The Bertz CT molecular complexity index is 1570. The molecule has 2 amide bonds. The number of carboxylic acids is 1. The van der Waals surface area contributed by atoms with Gasteiger partial charge in [0, 0.05) is 27.6 Å². The zero-order valence-electron chi connectivity index (χ0n) is 21.3. The number of nitrogens with one attached hydrogen (secondary N) is 2. The molecule has 0 aliphatic heterocycles. The van der Waals surface area contributed by atoms with Crippen molar-refractivity contribution in [2.75, 3.05) is 24.9 Å². The Morgan fingerprint density at radius 1 is 0.872 bits per heavy atom. The van der Waals surface area contributed by atoms with Crippen LogP contribution in [-0.2, 0) is 4.79 Å². The molecule has 4 aromatic rings. The van der Waals surface area contributed by atoms with Gasteiger partial charge < -0.3 is 25.2 Å². The van der Waals surface area contributed by atoms with Gasteiger partial charge in [0.15, 0.2) is 0 Å². The van der Waals surface area contributed by atoms with Crippen LogP contribution in [0.25, 0.3) is 10.8 Å². The number of carboxylic acid groups (broad SMARTS) is 1. The summed E-state index contributed by atoms with van der Waals surface area (Å²) in [6, 6.07) is 20.2. The van der Waals surface area contributed by atoms with E-state index in [2.05, 4.69) is 10.6 Å². The number of fused-ring (bicyclic) bond motifs is 1. The van der Waals surface area contributed by atoms with Gasteiger partial charge in [-0.25, -0.2) is 4.79 Å². The number of thioether (sulfide) groups is 1. The van der Waals surface area contributed by atoms with Crippen LogP contribution in [0.1, 0.15) is 27.6 Å². The second-order valence-corrected chi connectivity index (χ2v) is 10.3. The van der Waals surface area contributed by atoms with E-state index in [9.17, 15) is 19.5 Å². The molecule has 4 aromatic carbocycles. The fourth-order valence-corrected chi connectivity index (χ4v) is 5.17. The van der Waals surface area contributed by atoms with Crippen LogP contribution in [0.3, 0.4) is 0 Å². The zero-order valence-corrected chi connectivity index (χ0v) is 22.9. The normalized spacial score (nSPS) is 11.5. The number of ether oxygens (including phenoxy) is 2. The molecular weight excluding hydrogens is 540 g/mol. The Morgan fingerprint density at radius 3 is 2.21 bits per heavy atom. The van der Waals surface area contributed by atoms with Gasteiger partial charge in [0.05, 0.1) is 35.7 Å². The maximum absolute atomic E-state index is 13.2. The van der Waals surface area contributed by atoms with E-state index in [1.165, 1.54) is 32.0 Å². The molecule has 3 N–H and O–H groups in total. The van der Waals surface area contributed by atoms with Gasteiger partial charge in [0.25, 0.3) is 5.91 Å². The predicted molar refractivity (Wildman–Crippen MR) is 154 cm³/mol. The molecule has 0 aliphatic rings. The van der Waals surface area contributed by atoms with E-state index >= 15 is 0 Å². The minimum Gasteiger partial charge on any atom is -0.495 e. The van der Waals surface area contributed by atoms with Gasteiger partial charge in [-0.2, -0.15) is 0 Å². The van der Waals surface area contributed by atoms with E-state index in [4.69, 9.17) is 21.1 Å². The molecule has 39 heavy (non-hydrogen) atoms. The molecule has 1 unspecified atom stereocenters. The average molecular weight is 565 g/mol. The monoisotopic (exact) mass is 564 g/mol. The number of aromatic carboxylic acids is 1. The lowest BCUT2D eigenvalue weighted by Gasteiger charge is -2.16. The van der Waals surface area contributed by atoms with Crippen LogP contribution in [0, 0.1) is 0 Å². The third-order valence-electron chi connectivity index (χ3n) is 5.89. The number of methoxy groups -OCH3 is 2. The van der Waals surface area contributed by atoms with Crippen molar-refractivity contribution < 1.29 is 29.0 Å².